The zero-order valence-corrected chi connectivity index (χ0v) is 10.6. The van der Waals surface area contributed by atoms with E-state index in [0.29, 0.717) is 5.56 Å². The average molecular weight is 250 g/mol. The lowest BCUT2D eigenvalue weighted by Crippen LogP contribution is -1.83. The molecule has 0 fully saturated rings. The van der Waals surface area contributed by atoms with Crippen molar-refractivity contribution in [1.82, 2.24) is 0 Å². The summed E-state index contributed by atoms with van der Waals surface area (Å²) in [5, 5.41) is 0. The highest BCUT2D eigenvalue weighted by Gasteiger charge is 1.98. The SMILES string of the molecule is C=Cc1cc(/C=C/c2ccccc2C=C)ccc1F. The number of rotatable bonds is 4. The summed E-state index contributed by atoms with van der Waals surface area (Å²) in [6, 6.07) is 13.0. The zero-order chi connectivity index (χ0) is 13.7. The summed E-state index contributed by atoms with van der Waals surface area (Å²) in [7, 11) is 0. The molecule has 0 aliphatic carbocycles. The van der Waals surface area contributed by atoms with Gasteiger partial charge in [-0.3, -0.25) is 0 Å². The first-order chi connectivity index (χ1) is 9.24. The largest absolute Gasteiger partial charge is 0.206 e. The van der Waals surface area contributed by atoms with Gasteiger partial charge in [0.2, 0.25) is 0 Å². The van der Waals surface area contributed by atoms with Crippen LogP contribution in [0.3, 0.4) is 0 Å². The molecule has 2 aromatic carbocycles. The Labute approximate surface area is 113 Å². The van der Waals surface area contributed by atoms with Gasteiger partial charge in [-0.1, -0.05) is 67.8 Å². The summed E-state index contributed by atoms with van der Waals surface area (Å²) in [6.45, 7) is 7.39. The Morgan fingerprint density at radius 1 is 0.789 bits per heavy atom. The van der Waals surface area contributed by atoms with Gasteiger partial charge in [0, 0.05) is 5.56 Å². The number of hydrogen-bond acceptors (Lipinski definition) is 0. The molecular formula is C18H15F. The van der Waals surface area contributed by atoms with E-state index in [9.17, 15) is 4.39 Å². The van der Waals surface area contributed by atoms with Gasteiger partial charge in [0.1, 0.15) is 5.82 Å². The Hall–Kier alpha value is -2.41. The van der Waals surface area contributed by atoms with Crippen molar-refractivity contribution < 1.29 is 4.39 Å². The van der Waals surface area contributed by atoms with Crippen molar-refractivity contribution in [3.63, 3.8) is 0 Å². The van der Waals surface area contributed by atoms with Gasteiger partial charge in [-0.15, -0.1) is 0 Å². The Kier molecular flexibility index (Phi) is 4.09. The second-order valence-electron chi connectivity index (χ2n) is 4.15. The molecule has 0 nitrogen and oxygen atoms in total. The third-order valence-electron chi connectivity index (χ3n) is 2.91. The standard InChI is InChI=1S/C18H15F/c1-3-15-7-5-6-8-17(15)11-9-14-10-12-18(19)16(4-2)13-14/h3-13H,1-2H2/b11-9+. The van der Waals surface area contributed by atoms with Gasteiger partial charge in [-0.25, -0.2) is 4.39 Å². The highest BCUT2D eigenvalue weighted by atomic mass is 19.1. The van der Waals surface area contributed by atoms with Crippen LogP contribution < -0.4 is 0 Å². The molecule has 0 bridgehead atoms. The molecule has 0 atom stereocenters. The first-order valence-corrected chi connectivity index (χ1v) is 6.06. The first kappa shape index (κ1) is 13.0. The van der Waals surface area contributed by atoms with Gasteiger partial charge in [-0.05, 0) is 28.8 Å². The van der Waals surface area contributed by atoms with Crippen molar-refractivity contribution in [1.29, 1.82) is 0 Å². The molecule has 0 N–H and O–H groups in total. The molecule has 0 heterocycles. The van der Waals surface area contributed by atoms with Crippen molar-refractivity contribution in [2.75, 3.05) is 0 Å². The number of hydrogen-bond donors (Lipinski definition) is 0. The van der Waals surface area contributed by atoms with Crippen LogP contribution in [0.25, 0.3) is 24.3 Å². The van der Waals surface area contributed by atoms with Crippen molar-refractivity contribution in [2.45, 2.75) is 0 Å². The minimum Gasteiger partial charge on any atom is -0.206 e. The van der Waals surface area contributed by atoms with E-state index >= 15 is 0 Å². The van der Waals surface area contributed by atoms with Gasteiger partial charge in [0.05, 0.1) is 0 Å². The van der Waals surface area contributed by atoms with Gasteiger partial charge in [-0.2, -0.15) is 0 Å². The van der Waals surface area contributed by atoms with Crippen molar-refractivity contribution in [3.8, 4) is 0 Å². The smallest absolute Gasteiger partial charge is 0.130 e. The molecule has 0 saturated heterocycles. The topological polar surface area (TPSA) is 0 Å². The fourth-order valence-corrected chi connectivity index (χ4v) is 1.86. The molecule has 0 aliphatic rings. The van der Waals surface area contributed by atoms with E-state index in [0.717, 1.165) is 16.7 Å². The molecule has 1 heteroatoms. The molecule has 2 aromatic rings. The van der Waals surface area contributed by atoms with Crippen LogP contribution in [-0.4, -0.2) is 0 Å². The Bertz CT molecular complexity index is 636. The maximum atomic E-state index is 13.3. The summed E-state index contributed by atoms with van der Waals surface area (Å²) in [4.78, 5) is 0. The highest BCUT2D eigenvalue weighted by molar-refractivity contribution is 5.75. The highest BCUT2D eigenvalue weighted by Crippen LogP contribution is 2.17. The zero-order valence-electron chi connectivity index (χ0n) is 10.6. The van der Waals surface area contributed by atoms with E-state index in [2.05, 4.69) is 13.2 Å². The van der Waals surface area contributed by atoms with Gasteiger partial charge in [0.25, 0.3) is 0 Å². The Balaban J connectivity index is 2.32. The number of halogens is 1. The van der Waals surface area contributed by atoms with Crippen LogP contribution in [0, 0.1) is 5.82 Å². The summed E-state index contributed by atoms with van der Waals surface area (Å²) in [5.41, 5.74) is 3.61. The Morgan fingerprint density at radius 2 is 1.47 bits per heavy atom. The second kappa shape index (κ2) is 5.96. The van der Waals surface area contributed by atoms with E-state index < -0.39 is 0 Å². The fraction of sp³-hybridized carbons (Fsp3) is 0. The van der Waals surface area contributed by atoms with Crippen molar-refractivity contribution >= 4 is 24.3 Å². The van der Waals surface area contributed by atoms with Crippen LogP contribution in [0.1, 0.15) is 22.3 Å². The molecular weight excluding hydrogens is 235 g/mol. The lowest BCUT2D eigenvalue weighted by molar-refractivity contribution is 0.625. The van der Waals surface area contributed by atoms with E-state index in [1.54, 1.807) is 12.1 Å². The molecule has 0 unspecified atom stereocenters. The molecule has 0 radical (unpaired) electrons. The van der Waals surface area contributed by atoms with Crippen LogP contribution in [0.4, 0.5) is 4.39 Å². The number of benzene rings is 2. The molecule has 0 spiro atoms. The van der Waals surface area contributed by atoms with Crippen LogP contribution in [0.15, 0.2) is 55.6 Å². The van der Waals surface area contributed by atoms with Crippen LogP contribution in [0.5, 0.6) is 0 Å². The van der Waals surface area contributed by atoms with Crippen LogP contribution >= 0.6 is 0 Å². The molecule has 94 valence electrons. The third-order valence-corrected chi connectivity index (χ3v) is 2.91. The maximum absolute atomic E-state index is 13.3. The molecule has 0 aliphatic heterocycles. The molecule has 0 saturated carbocycles. The maximum Gasteiger partial charge on any atom is 0.130 e. The second-order valence-corrected chi connectivity index (χ2v) is 4.15. The summed E-state index contributed by atoms with van der Waals surface area (Å²) in [6.07, 6.45) is 7.29. The first-order valence-electron chi connectivity index (χ1n) is 6.06. The summed E-state index contributed by atoms with van der Waals surface area (Å²) in [5.74, 6) is -0.251. The summed E-state index contributed by atoms with van der Waals surface area (Å²) < 4.78 is 13.3. The van der Waals surface area contributed by atoms with E-state index in [4.69, 9.17) is 0 Å². The van der Waals surface area contributed by atoms with Crippen LogP contribution in [0.2, 0.25) is 0 Å². The van der Waals surface area contributed by atoms with Crippen molar-refractivity contribution in [2.24, 2.45) is 0 Å². The minimum absolute atomic E-state index is 0.251. The molecule has 19 heavy (non-hydrogen) atoms. The lowest BCUT2D eigenvalue weighted by atomic mass is 10.0. The van der Waals surface area contributed by atoms with E-state index in [1.807, 2.05) is 42.5 Å². The third kappa shape index (κ3) is 3.08. The lowest BCUT2D eigenvalue weighted by Gasteiger charge is -2.01. The Morgan fingerprint density at radius 3 is 2.16 bits per heavy atom. The van der Waals surface area contributed by atoms with Gasteiger partial charge >= 0.3 is 0 Å². The van der Waals surface area contributed by atoms with E-state index in [1.165, 1.54) is 12.1 Å². The quantitative estimate of drug-likeness (QED) is 0.647. The minimum atomic E-state index is -0.251. The van der Waals surface area contributed by atoms with Crippen LogP contribution in [-0.2, 0) is 0 Å². The van der Waals surface area contributed by atoms with Crippen molar-refractivity contribution in [3.05, 3.63) is 83.7 Å². The molecule has 0 aromatic heterocycles. The monoisotopic (exact) mass is 250 g/mol. The van der Waals surface area contributed by atoms with E-state index in [-0.39, 0.29) is 5.82 Å². The molecule has 2 rings (SSSR count). The van der Waals surface area contributed by atoms with Gasteiger partial charge < -0.3 is 0 Å². The molecule has 0 amide bonds. The fourth-order valence-electron chi connectivity index (χ4n) is 1.86. The predicted octanol–water partition coefficient (Wildman–Crippen LogP) is 5.28. The normalized spacial score (nSPS) is 10.6. The van der Waals surface area contributed by atoms with Gasteiger partial charge in [0.15, 0.2) is 0 Å². The average Bonchev–Trinajstić information content (AvgIpc) is 2.46. The summed E-state index contributed by atoms with van der Waals surface area (Å²) >= 11 is 0. The predicted molar refractivity (Wildman–Crippen MR) is 82.0 cm³/mol.